The maximum Gasteiger partial charge on any atom is 0.0921 e. The van der Waals surface area contributed by atoms with Gasteiger partial charge in [-0.25, -0.2) is 0 Å². The molecule has 1 aromatic heterocycles. The minimum Gasteiger partial charge on any atom is -0.385 e. The molecule has 2 N–H and O–H groups in total. The van der Waals surface area contributed by atoms with Crippen LogP contribution in [0, 0.1) is 0 Å². The van der Waals surface area contributed by atoms with Gasteiger partial charge in [0.05, 0.1) is 5.60 Å². The summed E-state index contributed by atoms with van der Waals surface area (Å²) in [5.41, 5.74) is 4.27. The largest absolute Gasteiger partial charge is 0.385 e. The van der Waals surface area contributed by atoms with Gasteiger partial charge in [-0.2, -0.15) is 0 Å². The summed E-state index contributed by atoms with van der Waals surface area (Å²) in [6, 6.07) is 6.43. The van der Waals surface area contributed by atoms with E-state index < -0.39 is 5.60 Å². The van der Waals surface area contributed by atoms with Gasteiger partial charge in [-0.3, -0.25) is 0 Å². The lowest BCUT2D eigenvalue weighted by atomic mass is 9.83. The molecule has 0 amide bonds. The van der Waals surface area contributed by atoms with Crippen LogP contribution >= 0.6 is 0 Å². The fraction of sp³-hybridized carbons (Fsp3) is 0.500. The van der Waals surface area contributed by atoms with Gasteiger partial charge in [-0.05, 0) is 56.6 Å². The zero-order valence-electron chi connectivity index (χ0n) is 14.7. The standard InChI is InChI=1S/C20H27N3O/c1-22-9-5-15(6-10-22)18-14-21-19-4-3-16(13-17(18)19)20(24)7-11-23(2)12-8-20/h3-5,13-14,21,24H,6-12H2,1-2H3. The summed E-state index contributed by atoms with van der Waals surface area (Å²) < 4.78 is 0. The quantitative estimate of drug-likeness (QED) is 0.892. The van der Waals surface area contributed by atoms with Gasteiger partial charge < -0.3 is 19.9 Å². The third kappa shape index (κ3) is 2.79. The molecule has 0 aliphatic carbocycles. The number of H-pyrrole nitrogens is 1. The fourth-order valence-electron chi connectivity index (χ4n) is 3.97. The number of nitrogens with zero attached hydrogens (tertiary/aromatic N) is 2. The number of benzene rings is 1. The van der Waals surface area contributed by atoms with Crippen molar-refractivity contribution in [2.45, 2.75) is 24.9 Å². The molecule has 2 aliphatic heterocycles. The molecule has 0 unspecified atom stereocenters. The predicted molar refractivity (Wildman–Crippen MR) is 99.0 cm³/mol. The molecule has 0 atom stereocenters. The molecule has 0 bridgehead atoms. The number of rotatable bonds is 2. The Morgan fingerprint density at radius 1 is 1.08 bits per heavy atom. The lowest BCUT2D eigenvalue weighted by Gasteiger charge is -2.37. The Balaban J connectivity index is 1.71. The van der Waals surface area contributed by atoms with Crippen LogP contribution in [0.2, 0.25) is 0 Å². The van der Waals surface area contributed by atoms with Gasteiger partial charge in [0, 0.05) is 48.8 Å². The SMILES string of the molecule is CN1CC=C(c2c[nH]c3ccc(C4(O)CCN(C)CC4)cc23)CC1. The van der Waals surface area contributed by atoms with Crippen molar-refractivity contribution < 1.29 is 5.11 Å². The molecule has 4 rings (SSSR count). The molecule has 0 spiro atoms. The number of fused-ring (bicyclic) bond motifs is 1. The fourth-order valence-corrected chi connectivity index (χ4v) is 3.97. The van der Waals surface area contributed by atoms with Crippen molar-refractivity contribution in [2.75, 3.05) is 40.3 Å². The Hall–Kier alpha value is -1.62. The number of piperidine rings is 1. The Labute approximate surface area is 143 Å². The molecule has 0 radical (unpaired) electrons. The highest BCUT2D eigenvalue weighted by molar-refractivity contribution is 5.93. The molecule has 24 heavy (non-hydrogen) atoms. The van der Waals surface area contributed by atoms with Crippen LogP contribution in [0.3, 0.4) is 0 Å². The first kappa shape index (κ1) is 15.9. The van der Waals surface area contributed by atoms with E-state index in [0.717, 1.165) is 56.5 Å². The molecule has 4 nitrogen and oxygen atoms in total. The Kier molecular flexibility index (Phi) is 3.99. The van der Waals surface area contributed by atoms with Crippen LogP contribution in [0.15, 0.2) is 30.5 Å². The maximum atomic E-state index is 11.1. The van der Waals surface area contributed by atoms with Crippen LogP contribution in [0.25, 0.3) is 16.5 Å². The van der Waals surface area contributed by atoms with E-state index in [1.54, 1.807) is 0 Å². The van der Waals surface area contributed by atoms with Gasteiger partial charge in [-0.15, -0.1) is 0 Å². The summed E-state index contributed by atoms with van der Waals surface area (Å²) >= 11 is 0. The minimum absolute atomic E-state index is 0.684. The van der Waals surface area contributed by atoms with E-state index in [4.69, 9.17) is 0 Å². The van der Waals surface area contributed by atoms with Crippen LogP contribution < -0.4 is 0 Å². The highest BCUT2D eigenvalue weighted by Crippen LogP contribution is 2.36. The van der Waals surface area contributed by atoms with Crippen LogP contribution in [-0.4, -0.2) is 60.2 Å². The van der Waals surface area contributed by atoms with Crippen molar-refractivity contribution >= 4 is 16.5 Å². The predicted octanol–water partition coefficient (Wildman–Crippen LogP) is 2.80. The number of hydrogen-bond donors (Lipinski definition) is 2. The normalized spacial score (nSPS) is 22.7. The average Bonchev–Trinajstić information content (AvgIpc) is 3.02. The Bertz CT molecular complexity index is 768. The highest BCUT2D eigenvalue weighted by Gasteiger charge is 2.33. The van der Waals surface area contributed by atoms with E-state index in [9.17, 15) is 5.11 Å². The maximum absolute atomic E-state index is 11.1. The number of aliphatic hydroxyl groups is 1. The van der Waals surface area contributed by atoms with Crippen molar-refractivity contribution in [1.82, 2.24) is 14.8 Å². The van der Waals surface area contributed by atoms with Gasteiger partial charge in [-0.1, -0.05) is 12.1 Å². The third-order valence-corrected chi connectivity index (χ3v) is 5.79. The molecule has 2 aliphatic rings. The zero-order chi connectivity index (χ0) is 16.7. The average molecular weight is 325 g/mol. The van der Waals surface area contributed by atoms with Gasteiger partial charge in [0.2, 0.25) is 0 Å². The second-order valence-corrected chi connectivity index (χ2v) is 7.54. The third-order valence-electron chi connectivity index (χ3n) is 5.79. The topological polar surface area (TPSA) is 42.5 Å². The zero-order valence-corrected chi connectivity index (χ0v) is 14.7. The molecule has 4 heteroatoms. The summed E-state index contributed by atoms with van der Waals surface area (Å²) in [6.45, 7) is 4.02. The first-order valence-corrected chi connectivity index (χ1v) is 8.96. The van der Waals surface area contributed by atoms with Crippen LogP contribution in [0.1, 0.15) is 30.4 Å². The Morgan fingerprint density at radius 2 is 1.88 bits per heavy atom. The molecule has 1 fully saturated rings. The molecule has 2 aromatic rings. The number of aromatic nitrogens is 1. The van der Waals surface area contributed by atoms with Gasteiger partial charge in [0.25, 0.3) is 0 Å². The molecule has 1 aromatic carbocycles. The smallest absolute Gasteiger partial charge is 0.0921 e. The molecule has 3 heterocycles. The van der Waals surface area contributed by atoms with E-state index in [-0.39, 0.29) is 0 Å². The number of hydrogen-bond acceptors (Lipinski definition) is 3. The summed E-state index contributed by atoms with van der Waals surface area (Å²) in [4.78, 5) is 8.03. The monoisotopic (exact) mass is 325 g/mol. The minimum atomic E-state index is -0.684. The summed E-state index contributed by atoms with van der Waals surface area (Å²) in [6.07, 6.45) is 7.17. The molecular formula is C20H27N3O. The van der Waals surface area contributed by atoms with E-state index in [2.05, 4.69) is 59.4 Å². The first-order valence-electron chi connectivity index (χ1n) is 8.96. The Morgan fingerprint density at radius 3 is 2.58 bits per heavy atom. The number of likely N-dealkylation sites (N-methyl/N-ethyl adjacent to an activating group) is 1. The van der Waals surface area contributed by atoms with E-state index in [1.807, 2.05) is 0 Å². The molecule has 1 saturated heterocycles. The van der Waals surface area contributed by atoms with Crippen molar-refractivity contribution in [3.8, 4) is 0 Å². The molecule has 128 valence electrons. The highest BCUT2D eigenvalue weighted by atomic mass is 16.3. The molecular weight excluding hydrogens is 298 g/mol. The van der Waals surface area contributed by atoms with Crippen molar-refractivity contribution in [1.29, 1.82) is 0 Å². The lowest BCUT2D eigenvalue weighted by molar-refractivity contribution is -0.0202. The van der Waals surface area contributed by atoms with Crippen LogP contribution in [0.5, 0.6) is 0 Å². The van der Waals surface area contributed by atoms with E-state index in [1.165, 1.54) is 16.5 Å². The lowest BCUT2D eigenvalue weighted by Crippen LogP contribution is -2.40. The van der Waals surface area contributed by atoms with Crippen molar-refractivity contribution in [3.63, 3.8) is 0 Å². The van der Waals surface area contributed by atoms with E-state index in [0.29, 0.717) is 0 Å². The number of likely N-dealkylation sites (tertiary alicyclic amines) is 1. The van der Waals surface area contributed by atoms with Gasteiger partial charge in [0.15, 0.2) is 0 Å². The second-order valence-electron chi connectivity index (χ2n) is 7.54. The van der Waals surface area contributed by atoms with Gasteiger partial charge in [0.1, 0.15) is 0 Å². The number of aromatic amines is 1. The van der Waals surface area contributed by atoms with Crippen LogP contribution in [-0.2, 0) is 5.60 Å². The van der Waals surface area contributed by atoms with Gasteiger partial charge >= 0.3 is 0 Å². The summed E-state index contributed by atoms with van der Waals surface area (Å²) in [5.74, 6) is 0. The second kappa shape index (κ2) is 6.03. The number of nitrogens with one attached hydrogen (secondary N) is 1. The summed E-state index contributed by atoms with van der Waals surface area (Å²) in [5, 5.41) is 12.4. The first-order chi connectivity index (χ1) is 11.5. The summed E-state index contributed by atoms with van der Waals surface area (Å²) in [7, 11) is 4.29. The van der Waals surface area contributed by atoms with Crippen molar-refractivity contribution in [3.05, 3.63) is 41.6 Å². The van der Waals surface area contributed by atoms with E-state index >= 15 is 0 Å². The van der Waals surface area contributed by atoms with Crippen LogP contribution in [0.4, 0.5) is 0 Å². The van der Waals surface area contributed by atoms with Crippen molar-refractivity contribution in [2.24, 2.45) is 0 Å². The molecule has 0 saturated carbocycles.